The Hall–Kier alpha value is 0.580. The molecule has 11 atom stereocenters. The van der Waals surface area contributed by atoms with E-state index in [4.69, 9.17) is 19.6 Å². The molecule has 0 bridgehead atoms. The van der Waals surface area contributed by atoms with Crippen LogP contribution in [0.15, 0.2) is 0 Å². The molecule has 0 aromatic rings. The molecule has 0 spiro atoms. The molecule has 1 aliphatic carbocycles. The summed E-state index contributed by atoms with van der Waals surface area (Å²) in [4.78, 5) is 62.9. The number of hydrogen-bond acceptors (Lipinski definition) is 19. The van der Waals surface area contributed by atoms with Crippen LogP contribution in [0, 0.1) is 0 Å². The van der Waals surface area contributed by atoms with Crippen LogP contribution in [0.3, 0.4) is 0 Å². The van der Waals surface area contributed by atoms with Crippen molar-refractivity contribution in [2.24, 2.45) is 0 Å². The summed E-state index contributed by atoms with van der Waals surface area (Å²) >= 11 is 0. The quantitative estimate of drug-likeness (QED) is 0.0692. The van der Waals surface area contributed by atoms with E-state index in [1.807, 2.05) is 0 Å². The highest BCUT2D eigenvalue weighted by molar-refractivity contribution is 7.72. The van der Waals surface area contributed by atoms with E-state index in [9.17, 15) is 72.7 Å². The Morgan fingerprint density at radius 3 is 1.03 bits per heavy atom. The average molecular weight is 693 g/mol. The van der Waals surface area contributed by atoms with Crippen molar-refractivity contribution in [2.45, 2.75) is 36.3 Å². The number of hydrogen-bond donors (Lipinski definition) is 14. The number of phosphoric acid groups is 6. The number of phosphoric ester groups is 1. The van der Waals surface area contributed by atoms with Gasteiger partial charge in [-0.15, -0.1) is 0 Å². The highest BCUT2D eigenvalue weighted by Crippen LogP contribution is 2.75. The molecule has 0 saturated heterocycles. The third kappa shape index (κ3) is 11.1. The zero-order valence-corrected chi connectivity index (χ0v) is 22.9. The second kappa shape index (κ2) is 12.4. The van der Waals surface area contributed by atoms with E-state index in [0.29, 0.717) is 0 Å². The van der Waals surface area contributed by atoms with E-state index in [1.54, 1.807) is 0 Å². The molecule has 38 heavy (non-hydrogen) atoms. The predicted octanol–water partition coefficient (Wildman–Crippen LogP) is -3.65. The lowest BCUT2D eigenvalue weighted by atomic mass is 9.82. The Bertz CT molecular complexity index is 1110. The molecule has 0 amide bonds. The van der Waals surface area contributed by atoms with Crippen LogP contribution in [0.4, 0.5) is 0 Å². The van der Waals surface area contributed by atoms with E-state index in [1.165, 1.54) is 0 Å². The zero-order valence-electron chi connectivity index (χ0n) is 17.5. The van der Waals surface area contributed by atoms with Crippen LogP contribution >= 0.6 is 46.9 Å². The smallest absolute Gasteiger partial charge is 0.387 e. The maximum Gasteiger partial charge on any atom is 0.490 e. The summed E-state index contributed by atoms with van der Waals surface area (Å²) in [6.07, 6.45) is -13.5. The van der Waals surface area contributed by atoms with Gasteiger partial charge in [0.15, 0.2) is 0 Å². The SMILES string of the molecule is N.O=P(O)(O)OP(=O)(O)OP(=O)(O)OP(=O)(O)OP(=O)(O)OP(=O)(O)O[C@]1(O)[C@H](O)[C@H](O)[C@@H](O)[C@H](O)[C@H]1O. The Kier molecular flexibility index (Phi) is 12.6. The van der Waals surface area contributed by atoms with Crippen LogP contribution in [-0.4, -0.2) is 101 Å². The molecule has 0 radical (unpaired) electrons. The van der Waals surface area contributed by atoms with Crippen LogP contribution in [0.25, 0.3) is 0 Å². The van der Waals surface area contributed by atoms with Gasteiger partial charge in [0.2, 0.25) is 5.79 Å². The van der Waals surface area contributed by atoms with E-state index >= 15 is 0 Å². The fourth-order valence-corrected chi connectivity index (χ4v) is 9.78. The molecular weight excluding hydrogens is 672 g/mol. The monoisotopic (exact) mass is 693 g/mol. The first-order valence-corrected chi connectivity index (χ1v) is 17.1. The molecule has 26 nitrogen and oxygen atoms in total. The minimum Gasteiger partial charge on any atom is -0.387 e. The Morgan fingerprint density at radius 1 is 0.474 bits per heavy atom. The molecule has 230 valence electrons. The van der Waals surface area contributed by atoms with Gasteiger partial charge in [-0.05, 0) is 0 Å². The van der Waals surface area contributed by atoms with Crippen LogP contribution in [0.5, 0.6) is 0 Å². The van der Waals surface area contributed by atoms with Gasteiger partial charge in [0.05, 0.1) is 0 Å². The van der Waals surface area contributed by atoms with Crippen LogP contribution in [0.2, 0.25) is 0 Å². The lowest BCUT2D eigenvalue weighted by molar-refractivity contribution is -0.336. The normalized spacial score (nSPS) is 36.4. The maximum atomic E-state index is 12.0. The van der Waals surface area contributed by atoms with Crippen molar-refractivity contribution in [1.29, 1.82) is 0 Å². The van der Waals surface area contributed by atoms with Gasteiger partial charge in [-0.25, -0.2) is 31.9 Å². The van der Waals surface area contributed by atoms with Crippen molar-refractivity contribution in [3.63, 3.8) is 0 Å². The molecule has 1 rings (SSSR count). The van der Waals surface area contributed by atoms with E-state index in [2.05, 4.69) is 26.1 Å². The molecule has 0 aliphatic heterocycles. The Balaban J connectivity index is 0.0000137. The van der Waals surface area contributed by atoms with E-state index in [0.717, 1.165) is 0 Å². The highest BCUT2D eigenvalue weighted by atomic mass is 31.3. The molecule has 1 fully saturated rings. The topological polar surface area (TPSA) is 456 Å². The predicted molar refractivity (Wildman–Crippen MR) is 108 cm³/mol. The Morgan fingerprint density at radius 2 is 0.737 bits per heavy atom. The van der Waals surface area contributed by atoms with Gasteiger partial charge in [-0.2, -0.15) is 21.6 Å². The van der Waals surface area contributed by atoms with Gasteiger partial charge in [0.1, 0.15) is 30.5 Å². The molecule has 0 aromatic heterocycles. The van der Waals surface area contributed by atoms with Gasteiger partial charge >= 0.3 is 46.9 Å². The van der Waals surface area contributed by atoms with Crippen LogP contribution in [0.1, 0.15) is 0 Å². The highest BCUT2D eigenvalue weighted by Gasteiger charge is 2.62. The molecular formula is C6H21NO25P6. The first-order valence-electron chi connectivity index (χ1n) is 8.13. The van der Waals surface area contributed by atoms with Crippen molar-refractivity contribution in [3.05, 3.63) is 0 Å². The number of aliphatic hydroxyl groups excluding tert-OH is 5. The molecule has 0 heterocycles. The third-order valence-electron chi connectivity index (χ3n) is 3.49. The third-order valence-corrected chi connectivity index (χ3v) is 12.3. The summed E-state index contributed by atoms with van der Waals surface area (Å²) in [5.74, 6) is -3.96. The van der Waals surface area contributed by atoms with Gasteiger partial charge in [-0.1, -0.05) is 0 Å². The largest absolute Gasteiger partial charge is 0.490 e. The summed E-state index contributed by atoms with van der Waals surface area (Å²) in [7, 11) is -38.3. The van der Waals surface area contributed by atoms with Crippen molar-refractivity contribution in [1.82, 2.24) is 6.15 Å². The fourth-order valence-electron chi connectivity index (χ4n) is 2.26. The second-order valence-corrected chi connectivity index (χ2v) is 15.6. The van der Waals surface area contributed by atoms with E-state index in [-0.39, 0.29) is 6.15 Å². The second-order valence-electron chi connectivity index (χ2n) is 6.45. The lowest BCUT2D eigenvalue weighted by Gasteiger charge is -2.46. The standard InChI is InChI=1S/C6H18O25P6.H3N/c7-1-2(8)4(10)6(12,5(11)3(1)9)26-33(16,17)28-35(20,21)30-37(24,25)31-36(22,23)29-34(18,19)27-32(13,14)15;/h1-5,7-12H,(H,16,17)(H,18,19)(H,20,21)(H,22,23)(H,24,25)(H2,13,14,15);1H3/t1-,2-,3+,4-,5-,6-;/m1./s1. The van der Waals surface area contributed by atoms with Crippen molar-refractivity contribution in [3.8, 4) is 0 Å². The van der Waals surface area contributed by atoms with Gasteiger partial charge in [-0.3, -0.25) is 0 Å². The minimum absolute atomic E-state index is 0. The van der Waals surface area contributed by atoms with Gasteiger partial charge < -0.3 is 71.0 Å². The van der Waals surface area contributed by atoms with Crippen molar-refractivity contribution < 1.29 is 118 Å². The average Bonchev–Trinajstić information content (AvgIpc) is 2.56. The first kappa shape index (κ1) is 38.6. The minimum atomic E-state index is -6.59. The molecule has 32 heteroatoms. The lowest BCUT2D eigenvalue weighted by Crippen LogP contribution is -2.71. The van der Waals surface area contributed by atoms with Crippen LogP contribution < -0.4 is 6.15 Å². The van der Waals surface area contributed by atoms with Crippen LogP contribution in [-0.2, 0) is 53.5 Å². The molecule has 16 N–H and O–H groups in total. The summed E-state index contributed by atoms with van der Waals surface area (Å²) < 4.78 is 88.7. The summed E-state index contributed by atoms with van der Waals surface area (Å²) in [6.45, 7) is 0. The fraction of sp³-hybridized carbons (Fsp3) is 1.00. The Labute approximate surface area is 208 Å². The molecule has 1 aliphatic rings. The first-order chi connectivity index (χ1) is 16.0. The molecule has 1 saturated carbocycles. The summed E-state index contributed by atoms with van der Waals surface area (Å²) in [5.41, 5.74) is 0. The zero-order chi connectivity index (χ0) is 29.6. The van der Waals surface area contributed by atoms with Gasteiger partial charge in [0.25, 0.3) is 0 Å². The summed E-state index contributed by atoms with van der Waals surface area (Å²) in [5, 5.41) is 57.9. The maximum absolute atomic E-state index is 12.0. The van der Waals surface area contributed by atoms with Gasteiger partial charge in [0, 0.05) is 0 Å². The summed E-state index contributed by atoms with van der Waals surface area (Å²) in [6, 6.07) is 0. The molecule has 5 unspecified atom stereocenters. The molecule has 0 aromatic carbocycles. The van der Waals surface area contributed by atoms with Crippen molar-refractivity contribution in [2.75, 3.05) is 0 Å². The van der Waals surface area contributed by atoms with Crippen molar-refractivity contribution >= 4 is 46.9 Å². The number of rotatable bonds is 12. The van der Waals surface area contributed by atoms with E-state index < -0.39 is 83.2 Å². The number of aliphatic hydroxyl groups is 6.